The summed E-state index contributed by atoms with van der Waals surface area (Å²) in [5.41, 5.74) is 0.763. The van der Waals surface area contributed by atoms with Crippen LogP contribution in [0.25, 0.3) is 0 Å². The first-order chi connectivity index (χ1) is 18.9. The SMILES string of the molecule is CCCCN(CCCO)C(=O)CN1CC(c2cc(OC)c3c(c2)OCO3)C(C(=O)O)C1CCc1ncc(C)o1. The molecule has 2 aromatic rings. The number of benzene rings is 1. The van der Waals surface area contributed by atoms with Crippen molar-refractivity contribution in [3.05, 3.63) is 35.5 Å². The summed E-state index contributed by atoms with van der Waals surface area (Å²) < 4.78 is 22.3. The van der Waals surface area contributed by atoms with Crippen LogP contribution in [0.4, 0.5) is 0 Å². The number of unbranched alkanes of at least 4 members (excludes halogenated alkanes) is 1. The average molecular weight is 546 g/mol. The molecule has 1 saturated heterocycles. The van der Waals surface area contributed by atoms with Gasteiger partial charge in [-0.2, -0.15) is 0 Å². The number of aliphatic hydroxyl groups is 1. The van der Waals surface area contributed by atoms with E-state index in [1.165, 1.54) is 7.11 Å². The number of oxazole rings is 1. The Morgan fingerprint density at radius 2 is 2.03 bits per heavy atom. The van der Waals surface area contributed by atoms with Gasteiger partial charge in [-0.3, -0.25) is 14.5 Å². The molecule has 39 heavy (non-hydrogen) atoms. The van der Waals surface area contributed by atoms with Crippen LogP contribution in [0, 0.1) is 12.8 Å². The molecule has 11 heteroatoms. The van der Waals surface area contributed by atoms with E-state index in [9.17, 15) is 19.8 Å². The number of carbonyl (C=O) groups excluding carboxylic acids is 1. The molecule has 1 aromatic heterocycles. The van der Waals surface area contributed by atoms with Gasteiger partial charge < -0.3 is 33.7 Å². The molecule has 4 rings (SSSR count). The Bertz CT molecular complexity index is 1130. The Hall–Kier alpha value is -3.31. The highest BCUT2D eigenvalue weighted by Crippen LogP contribution is 2.47. The van der Waals surface area contributed by atoms with Crippen molar-refractivity contribution < 1.29 is 38.4 Å². The molecule has 1 amide bonds. The second-order valence-electron chi connectivity index (χ2n) is 10.1. The van der Waals surface area contributed by atoms with Gasteiger partial charge >= 0.3 is 5.97 Å². The van der Waals surface area contributed by atoms with Crippen molar-refractivity contribution in [1.29, 1.82) is 0 Å². The number of aliphatic hydroxyl groups excluding tert-OH is 1. The molecule has 0 spiro atoms. The van der Waals surface area contributed by atoms with E-state index in [1.54, 1.807) is 11.1 Å². The first-order valence-corrected chi connectivity index (χ1v) is 13.6. The number of fused-ring (bicyclic) bond motifs is 1. The van der Waals surface area contributed by atoms with Crippen molar-refractivity contribution in [2.24, 2.45) is 5.92 Å². The third-order valence-electron chi connectivity index (χ3n) is 7.52. The van der Waals surface area contributed by atoms with Gasteiger partial charge in [0.25, 0.3) is 0 Å². The monoisotopic (exact) mass is 545 g/mol. The fourth-order valence-corrected chi connectivity index (χ4v) is 5.59. The number of amides is 1. The van der Waals surface area contributed by atoms with Gasteiger partial charge in [0, 0.05) is 44.6 Å². The molecule has 0 radical (unpaired) electrons. The van der Waals surface area contributed by atoms with Crippen LogP contribution in [-0.4, -0.2) is 89.6 Å². The maximum absolute atomic E-state index is 13.5. The van der Waals surface area contributed by atoms with Gasteiger partial charge in [0.1, 0.15) is 5.76 Å². The van der Waals surface area contributed by atoms with Gasteiger partial charge in [0.15, 0.2) is 17.4 Å². The summed E-state index contributed by atoms with van der Waals surface area (Å²) in [7, 11) is 1.54. The number of hydrogen-bond acceptors (Lipinski definition) is 9. The topological polar surface area (TPSA) is 135 Å². The van der Waals surface area contributed by atoms with E-state index in [0.29, 0.717) is 67.8 Å². The molecule has 2 aliphatic heterocycles. The standard InChI is InChI=1S/C28H39N3O8/c1-4-5-9-30(10-6-11-32)25(33)16-31-15-20(19-12-22(36-3)27-23(13-19)37-17-38-27)26(28(34)35)21(31)7-8-24-29-14-18(2)39-24/h12-14,20-21,26,32H,4-11,15-17H2,1-3H3,(H,34,35). The van der Waals surface area contributed by atoms with Crippen LogP contribution in [0.2, 0.25) is 0 Å². The van der Waals surface area contributed by atoms with Crippen LogP contribution < -0.4 is 14.2 Å². The lowest BCUT2D eigenvalue weighted by Crippen LogP contribution is -2.45. The molecule has 0 saturated carbocycles. The van der Waals surface area contributed by atoms with Crippen molar-refractivity contribution in [1.82, 2.24) is 14.8 Å². The minimum Gasteiger partial charge on any atom is -0.493 e. The van der Waals surface area contributed by atoms with E-state index < -0.39 is 23.8 Å². The predicted molar refractivity (Wildman–Crippen MR) is 141 cm³/mol. The van der Waals surface area contributed by atoms with Crippen LogP contribution in [0.1, 0.15) is 55.7 Å². The lowest BCUT2D eigenvalue weighted by molar-refractivity contribution is -0.144. The van der Waals surface area contributed by atoms with E-state index in [1.807, 2.05) is 24.0 Å². The zero-order valence-electron chi connectivity index (χ0n) is 22.9. The number of aliphatic carboxylic acids is 1. The van der Waals surface area contributed by atoms with Gasteiger partial charge in [0.05, 0.1) is 25.8 Å². The predicted octanol–water partition coefficient (Wildman–Crippen LogP) is 2.83. The summed E-state index contributed by atoms with van der Waals surface area (Å²) in [4.78, 5) is 34.3. The quantitative estimate of drug-likeness (QED) is 0.365. The molecule has 2 N–H and O–H groups in total. The van der Waals surface area contributed by atoms with E-state index in [0.717, 1.165) is 18.4 Å². The summed E-state index contributed by atoms with van der Waals surface area (Å²) in [5, 5.41) is 19.8. The molecule has 3 atom stereocenters. The zero-order chi connectivity index (χ0) is 27.9. The molecule has 3 unspecified atom stereocenters. The number of hydrogen-bond donors (Lipinski definition) is 2. The van der Waals surface area contributed by atoms with Crippen LogP contribution in [0.5, 0.6) is 17.2 Å². The smallest absolute Gasteiger partial charge is 0.308 e. The first kappa shape index (κ1) is 28.7. The molecular formula is C28H39N3O8. The van der Waals surface area contributed by atoms with E-state index in [2.05, 4.69) is 11.9 Å². The largest absolute Gasteiger partial charge is 0.493 e. The van der Waals surface area contributed by atoms with Gasteiger partial charge in [-0.15, -0.1) is 0 Å². The molecular weight excluding hydrogens is 506 g/mol. The number of carboxylic acid groups (broad SMARTS) is 1. The fraction of sp³-hybridized carbons (Fsp3) is 0.607. The lowest BCUT2D eigenvalue weighted by atomic mass is 9.83. The number of aryl methyl sites for hydroxylation is 2. The Labute approximate surface area is 228 Å². The summed E-state index contributed by atoms with van der Waals surface area (Å²) in [6, 6.07) is 3.20. The Balaban J connectivity index is 1.63. The second kappa shape index (κ2) is 13.2. The molecule has 1 fully saturated rings. The number of carboxylic acids is 1. The summed E-state index contributed by atoms with van der Waals surface area (Å²) >= 11 is 0. The minimum absolute atomic E-state index is 0.00686. The first-order valence-electron chi connectivity index (χ1n) is 13.6. The number of nitrogens with zero attached hydrogens (tertiary/aromatic N) is 3. The van der Waals surface area contributed by atoms with Crippen molar-refractivity contribution in [2.45, 2.75) is 57.9 Å². The number of likely N-dealkylation sites (tertiary alicyclic amines) is 1. The highest BCUT2D eigenvalue weighted by atomic mass is 16.7. The van der Waals surface area contributed by atoms with Crippen molar-refractivity contribution in [2.75, 3.05) is 46.7 Å². The third-order valence-corrected chi connectivity index (χ3v) is 7.52. The van der Waals surface area contributed by atoms with Gasteiger partial charge in [-0.25, -0.2) is 4.98 Å². The van der Waals surface area contributed by atoms with E-state index >= 15 is 0 Å². The van der Waals surface area contributed by atoms with Crippen molar-refractivity contribution >= 4 is 11.9 Å². The van der Waals surface area contributed by atoms with Crippen molar-refractivity contribution in [3.8, 4) is 17.2 Å². The highest BCUT2D eigenvalue weighted by Gasteiger charge is 2.47. The van der Waals surface area contributed by atoms with E-state index in [4.69, 9.17) is 18.6 Å². The van der Waals surface area contributed by atoms with Crippen LogP contribution in [0.3, 0.4) is 0 Å². The molecule has 1 aromatic carbocycles. The van der Waals surface area contributed by atoms with Crippen LogP contribution >= 0.6 is 0 Å². The maximum Gasteiger partial charge on any atom is 0.308 e. The number of rotatable bonds is 14. The molecule has 2 aliphatic rings. The molecule has 214 valence electrons. The van der Waals surface area contributed by atoms with Gasteiger partial charge in [-0.05, 0) is 43.9 Å². The van der Waals surface area contributed by atoms with Crippen LogP contribution in [0.15, 0.2) is 22.7 Å². The maximum atomic E-state index is 13.5. The molecule has 0 bridgehead atoms. The minimum atomic E-state index is -0.928. The number of aromatic nitrogens is 1. The number of ether oxygens (including phenoxy) is 3. The fourth-order valence-electron chi connectivity index (χ4n) is 5.59. The summed E-state index contributed by atoms with van der Waals surface area (Å²) in [6.45, 7) is 5.50. The summed E-state index contributed by atoms with van der Waals surface area (Å²) in [6.07, 6.45) is 4.87. The Kier molecular flexibility index (Phi) is 9.68. The number of methoxy groups -OCH3 is 1. The summed E-state index contributed by atoms with van der Waals surface area (Å²) in [5.74, 6) is 0.569. The Morgan fingerprint density at radius 3 is 2.69 bits per heavy atom. The van der Waals surface area contributed by atoms with Crippen molar-refractivity contribution in [3.63, 3.8) is 0 Å². The number of carbonyl (C=O) groups is 2. The highest BCUT2D eigenvalue weighted by molar-refractivity contribution is 5.79. The van der Waals surface area contributed by atoms with Crippen LogP contribution in [-0.2, 0) is 16.0 Å². The molecule has 11 nitrogen and oxygen atoms in total. The van der Waals surface area contributed by atoms with E-state index in [-0.39, 0.29) is 25.9 Å². The normalized spacial score (nSPS) is 20.4. The Morgan fingerprint density at radius 1 is 1.23 bits per heavy atom. The average Bonchev–Trinajstić information content (AvgIpc) is 3.65. The zero-order valence-corrected chi connectivity index (χ0v) is 22.9. The molecule has 0 aliphatic carbocycles. The second-order valence-corrected chi connectivity index (χ2v) is 10.1. The third kappa shape index (κ3) is 6.65. The molecule has 3 heterocycles. The van der Waals surface area contributed by atoms with Gasteiger partial charge in [0.2, 0.25) is 18.4 Å². The lowest BCUT2D eigenvalue weighted by Gasteiger charge is -2.29. The van der Waals surface area contributed by atoms with Gasteiger partial charge in [-0.1, -0.05) is 13.3 Å².